The molecule has 0 saturated heterocycles. The molecule has 0 saturated carbocycles. The van der Waals surface area contributed by atoms with Crippen molar-refractivity contribution >= 4 is 31.9 Å². The topological polar surface area (TPSA) is 0 Å². The van der Waals surface area contributed by atoms with Crippen LogP contribution in [0.15, 0.2) is 18.2 Å². The number of alkyl halides is 2. The summed E-state index contributed by atoms with van der Waals surface area (Å²) in [5, 5.41) is 1.83. The highest BCUT2D eigenvalue weighted by atomic mass is 79.9. The average Bonchev–Trinajstić information content (AvgIpc) is 2.30. The van der Waals surface area contributed by atoms with Gasteiger partial charge in [-0.25, -0.2) is 4.39 Å². The van der Waals surface area contributed by atoms with Crippen LogP contribution in [0.5, 0.6) is 0 Å². The van der Waals surface area contributed by atoms with E-state index < -0.39 is 0 Å². The lowest BCUT2D eigenvalue weighted by Crippen LogP contribution is -2.33. The number of benzene rings is 1. The first-order chi connectivity index (χ1) is 7.95. The number of rotatable bonds is 5. The van der Waals surface area contributed by atoms with Crippen LogP contribution in [0.1, 0.15) is 25.0 Å². The summed E-state index contributed by atoms with van der Waals surface area (Å²) in [6.07, 6.45) is 0.894. The molecule has 0 unspecified atom stereocenters. The molecule has 0 atom stereocenters. The summed E-state index contributed by atoms with van der Waals surface area (Å²) in [4.78, 5) is 0. The van der Waals surface area contributed by atoms with Crippen LogP contribution >= 0.6 is 31.9 Å². The molecule has 0 aliphatic carbocycles. The Labute approximate surface area is 120 Å². The number of hydrogen-bond donors (Lipinski definition) is 0. The van der Waals surface area contributed by atoms with Crippen molar-refractivity contribution < 1.29 is 4.39 Å². The molecule has 0 radical (unpaired) electrons. The molecule has 0 aliphatic rings. The van der Waals surface area contributed by atoms with Crippen LogP contribution in [-0.4, -0.2) is 10.7 Å². The zero-order valence-corrected chi connectivity index (χ0v) is 13.7. The van der Waals surface area contributed by atoms with Crippen molar-refractivity contribution in [3.05, 3.63) is 35.1 Å². The molecule has 0 bridgehead atoms. The largest absolute Gasteiger partial charge is 0.207 e. The van der Waals surface area contributed by atoms with Gasteiger partial charge in [0.1, 0.15) is 5.82 Å². The summed E-state index contributed by atoms with van der Waals surface area (Å²) < 4.78 is 13.3. The van der Waals surface area contributed by atoms with Crippen LogP contribution < -0.4 is 0 Å². The van der Waals surface area contributed by atoms with Gasteiger partial charge in [-0.15, -0.1) is 0 Å². The second-order valence-corrected chi connectivity index (χ2v) is 6.15. The molecule has 3 heteroatoms. The van der Waals surface area contributed by atoms with Gasteiger partial charge < -0.3 is 0 Å². The van der Waals surface area contributed by atoms with Gasteiger partial charge in [0, 0.05) is 10.7 Å². The van der Waals surface area contributed by atoms with Crippen molar-refractivity contribution in [1.82, 2.24) is 0 Å². The van der Waals surface area contributed by atoms with E-state index >= 15 is 0 Å². The van der Waals surface area contributed by atoms with Gasteiger partial charge in [-0.1, -0.05) is 51.8 Å². The van der Waals surface area contributed by atoms with Gasteiger partial charge in [0.2, 0.25) is 0 Å². The van der Waals surface area contributed by atoms with E-state index in [0.29, 0.717) is 5.92 Å². The molecule has 96 valence electrons. The Morgan fingerprint density at radius 2 is 1.82 bits per heavy atom. The summed E-state index contributed by atoms with van der Waals surface area (Å²) in [6, 6.07) is 5.05. The predicted octanol–water partition coefficient (Wildman–Crippen LogP) is 5.11. The third-order valence-electron chi connectivity index (χ3n) is 3.61. The highest BCUT2D eigenvalue weighted by Crippen LogP contribution is 2.36. The maximum atomic E-state index is 13.3. The molecule has 0 amide bonds. The fourth-order valence-electron chi connectivity index (χ4n) is 1.85. The van der Waals surface area contributed by atoms with E-state index in [1.807, 2.05) is 13.0 Å². The third-order valence-corrected chi connectivity index (χ3v) is 5.84. The quantitative estimate of drug-likeness (QED) is 0.636. The summed E-state index contributed by atoms with van der Waals surface area (Å²) in [5.41, 5.74) is 2.41. The minimum atomic E-state index is -0.146. The fourth-order valence-corrected chi connectivity index (χ4v) is 4.47. The predicted molar refractivity (Wildman–Crippen MR) is 79.7 cm³/mol. The molecule has 0 spiro atoms. The van der Waals surface area contributed by atoms with E-state index in [9.17, 15) is 4.39 Å². The lowest BCUT2D eigenvalue weighted by atomic mass is 9.75. The standard InChI is InChI=1S/C14H19Br2F/c1-10(2)14(8-15,9-16)7-12-6-13(17)5-4-11(12)3/h4-6,10H,7-9H2,1-3H3. The Morgan fingerprint density at radius 1 is 1.24 bits per heavy atom. The Balaban J connectivity index is 3.05. The molecule has 0 aromatic heterocycles. The highest BCUT2D eigenvalue weighted by molar-refractivity contribution is 9.09. The van der Waals surface area contributed by atoms with Gasteiger partial charge in [0.15, 0.2) is 0 Å². The summed E-state index contributed by atoms with van der Waals surface area (Å²) in [6.45, 7) is 6.48. The number of aryl methyl sites for hydroxylation is 1. The fraction of sp³-hybridized carbons (Fsp3) is 0.571. The third kappa shape index (κ3) is 3.54. The first kappa shape index (κ1) is 15.2. The monoisotopic (exact) mass is 364 g/mol. The van der Waals surface area contributed by atoms with E-state index in [4.69, 9.17) is 0 Å². The zero-order valence-electron chi connectivity index (χ0n) is 10.6. The van der Waals surface area contributed by atoms with Crippen molar-refractivity contribution in [3.8, 4) is 0 Å². The van der Waals surface area contributed by atoms with Crippen LogP contribution in [0.3, 0.4) is 0 Å². The van der Waals surface area contributed by atoms with Gasteiger partial charge in [-0.3, -0.25) is 0 Å². The average molecular weight is 366 g/mol. The van der Waals surface area contributed by atoms with Crippen molar-refractivity contribution in [2.24, 2.45) is 11.3 Å². The van der Waals surface area contributed by atoms with Gasteiger partial charge >= 0.3 is 0 Å². The first-order valence-corrected chi connectivity index (χ1v) is 8.06. The minimum Gasteiger partial charge on any atom is -0.207 e. The Kier molecular flexibility index (Phi) is 5.65. The van der Waals surface area contributed by atoms with Crippen LogP contribution in [0.4, 0.5) is 4.39 Å². The van der Waals surface area contributed by atoms with Crippen molar-refractivity contribution in [1.29, 1.82) is 0 Å². The molecular formula is C14H19Br2F. The van der Waals surface area contributed by atoms with E-state index in [2.05, 4.69) is 45.7 Å². The van der Waals surface area contributed by atoms with Gasteiger partial charge in [-0.05, 0) is 47.9 Å². The molecule has 0 N–H and O–H groups in total. The summed E-state index contributed by atoms with van der Waals surface area (Å²) >= 11 is 7.22. The Hall–Kier alpha value is 0.110. The molecular weight excluding hydrogens is 347 g/mol. The minimum absolute atomic E-state index is 0.137. The molecule has 17 heavy (non-hydrogen) atoms. The maximum absolute atomic E-state index is 13.3. The summed E-state index contributed by atoms with van der Waals surface area (Å²) in [5.74, 6) is 0.385. The lowest BCUT2D eigenvalue weighted by Gasteiger charge is -2.35. The lowest BCUT2D eigenvalue weighted by molar-refractivity contribution is 0.267. The van der Waals surface area contributed by atoms with E-state index in [0.717, 1.165) is 22.6 Å². The van der Waals surface area contributed by atoms with Crippen molar-refractivity contribution in [3.63, 3.8) is 0 Å². The Bertz CT molecular complexity index is 370. The Morgan fingerprint density at radius 3 is 2.29 bits per heavy atom. The molecule has 1 aromatic carbocycles. The molecule has 1 rings (SSSR count). The van der Waals surface area contributed by atoms with Crippen molar-refractivity contribution in [2.45, 2.75) is 27.2 Å². The SMILES string of the molecule is Cc1ccc(F)cc1CC(CBr)(CBr)C(C)C. The van der Waals surface area contributed by atoms with Gasteiger partial charge in [-0.2, -0.15) is 0 Å². The molecule has 0 nitrogen and oxygen atoms in total. The number of halogens is 3. The maximum Gasteiger partial charge on any atom is 0.123 e. The van der Waals surface area contributed by atoms with E-state index in [1.54, 1.807) is 6.07 Å². The van der Waals surface area contributed by atoms with Crippen LogP contribution in [0.2, 0.25) is 0 Å². The van der Waals surface area contributed by atoms with Crippen molar-refractivity contribution in [2.75, 3.05) is 10.7 Å². The highest BCUT2D eigenvalue weighted by Gasteiger charge is 2.32. The molecule has 0 fully saturated rings. The molecule has 1 aromatic rings. The normalized spacial score (nSPS) is 12.2. The first-order valence-electron chi connectivity index (χ1n) is 5.82. The van der Waals surface area contributed by atoms with Gasteiger partial charge in [0.25, 0.3) is 0 Å². The second kappa shape index (κ2) is 6.33. The molecule has 0 heterocycles. The zero-order chi connectivity index (χ0) is 13.1. The molecule has 0 aliphatic heterocycles. The van der Waals surface area contributed by atoms with Crippen LogP contribution in [-0.2, 0) is 6.42 Å². The van der Waals surface area contributed by atoms with Crippen LogP contribution in [0.25, 0.3) is 0 Å². The van der Waals surface area contributed by atoms with E-state index in [-0.39, 0.29) is 11.2 Å². The summed E-state index contributed by atoms with van der Waals surface area (Å²) in [7, 11) is 0. The van der Waals surface area contributed by atoms with Crippen LogP contribution in [0, 0.1) is 24.1 Å². The smallest absolute Gasteiger partial charge is 0.123 e. The van der Waals surface area contributed by atoms with E-state index in [1.165, 1.54) is 11.6 Å². The second-order valence-electron chi connectivity index (χ2n) is 5.03. The number of hydrogen-bond acceptors (Lipinski definition) is 0. The van der Waals surface area contributed by atoms with Gasteiger partial charge in [0.05, 0.1) is 0 Å².